The van der Waals surface area contributed by atoms with Gasteiger partial charge in [-0.3, -0.25) is 9.59 Å². The van der Waals surface area contributed by atoms with Gasteiger partial charge < -0.3 is 39.4 Å². The van der Waals surface area contributed by atoms with Crippen molar-refractivity contribution in [2.75, 3.05) is 19.8 Å². The molecule has 1 rings (SSSR count). The van der Waals surface area contributed by atoms with Crippen molar-refractivity contribution in [1.29, 1.82) is 0 Å². The molecule has 0 bridgehead atoms. The van der Waals surface area contributed by atoms with Crippen LogP contribution < -0.4 is 0 Å². The largest absolute Gasteiger partial charge is 0.462 e. The van der Waals surface area contributed by atoms with Crippen LogP contribution in [0.15, 0.2) is 85.1 Å². The van der Waals surface area contributed by atoms with Gasteiger partial charge in [0.1, 0.15) is 31.0 Å². The number of unbranched alkanes of at least 4 members (excludes halogenated alkanes) is 11. The molecule has 336 valence electrons. The minimum atomic E-state index is -1.61. The molecule has 10 nitrogen and oxygen atoms in total. The number of aliphatic hydroxyl groups is 4. The van der Waals surface area contributed by atoms with Gasteiger partial charge in [-0.25, -0.2) is 0 Å². The molecule has 0 amide bonds. The normalized spacial score (nSPS) is 20.8. The number of hydrogen-bond donors (Lipinski definition) is 4. The van der Waals surface area contributed by atoms with E-state index in [1.165, 1.54) is 57.8 Å². The summed E-state index contributed by atoms with van der Waals surface area (Å²) >= 11 is 0. The number of carbonyl (C=O) groups excluding carboxylic acids is 2. The highest BCUT2D eigenvalue weighted by Gasteiger charge is 2.44. The van der Waals surface area contributed by atoms with Gasteiger partial charge in [0.05, 0.1) is 13.2 Å². The molecule has 0 aromatic rings. The van der Waals surface area contributed by atoms with Crippen molar-refractivity contribution in [3.63, 3.8) is 0 Å². The SMILES string of the molecule is CC/C=C/C/C=C/C/C=C/C/C=C/C/C=C/C/C=C/CCC(=O)O[C@H](COC(=O)CCCCCCCCCCC/C=C/CCCC)CO[C@@H]1O[C@H](CO)[C@H](O)C(O)C1O. The first-order chi connectivity index (χ1) is 28.8. The van der Waals surface area contributed by atoms with Crippen molar-refractivity contribution in [3.8, 4) is 0 Å². The van der Waals surface area contributed by atoms with Gasteiger partial charge in [0.15, 0.2) is 12.4 Å². The molecular weight excluding hydrogens is 749 g/mol. The van der Waals surface area contributed by atoms with Gasteiger partial charge in [-0.05, 0) is 70.6 Å². The maximum atomic E-state index is 12.7. The fraction of sp³-hybridized carbons (Fsp3) is 0.673. The summed E-state index contributed by atoms with van der Waals surface area (Å²) in [6.45, 7) is 3.19. The van der Waals surface area contributed by atoms with Crippen LogP contribution in [-0.4, -0.2) is 89.0 Å². The van der Waals surface area contributed by atoms with E-state index >= 15 is 0 Å². The number of rotatable bonds is 36. The lowest BCUT2D eigenvalue weighted by molar-refractivity contribution is -0.305. The topological polar surface area (TPSA) is 152 Å². The zero-order chi connectivity index (χ0) is 43.0. The van der Waals surface area contributed by atoms with E-state index < -0.39 is 55.4 Å². The molecule has 4 N–H and O–H groups in total. The van der Waals surface area contributed by atoms with Crippen LogP contribution in [0.1, 0.15) is 155 Å². The first-order valence-corrected chi connectivity index (χ1v) is 22.7. The zero-order valence-corrected chi connectivity index (χ0v) is 36.5. The maximum Gasteiger partial charge on any atom is 0.306 e. The molecule has 10 heteroatoms. The number of carbonyl (C=O) groups is 2. The first-order valence-electron chi connectivity index (χ1n) is 22.7. The lowest BCUT2D eigenvalue weighted by atomic mass is 9.99. The van der Waals surface area contributed by atoms with Crippen molar-refractivity contribution in [1.82, 2.24) is 0 Å². The summed E-state index contributed by atoms with van der Waals surface area (Å²) in [5, 5.41) is 40.1. The highest BCUT2D eigenvalue weighted by Crippen LogP contribution is 2.22. The Morgan fingerprint density at radius 2 is 1.03 bits per heavy atom. The summed E-state index contributed by atoms with van der Waals surface area (Å²) < 4.78 is 22.1. The molecule has 0 saturated carbocycles. The first kappa shape index (κ1) is 53.9. The Bertz CT molecular complexity index is 1230. The fourth-order valence-corrected chi connectivity index (χ4v) is 6.19. The molecule has 0 aromatic carbocycles. The van der Waals surface area contributed by atoms with E-state index in [2.05, 4.69) is 86.8 Å². The summed E-state index contributed by atoms with van der Waals surface area (Å²) in [6.07, 6.45) is 43.1. The van der Waals surface area contributed by atoms with Crippen LogP contribution in [0.25, 0.3) is 0 Å². The van der Waals surface area contributed by atoms with Crippen LogP contribution in [-0.2, 0) is 28.5 Å². The Kier molecular flexibility index (Phi) is 35.7. The third-order valence-electron chi connectivity index (χ3n) is 9.78. The highest BCUT2D eigenvalue weighted by atomic mass is 16.7. The average molecular weight is 829 g/mol. The van der Waals surface area contributed by atoms with Crippen molar-refractivity contribution in [2.45, 2.75) is 192 Å². The molecule has 1 saturated heterocycles. The van der Waals surface area contributed by atoms with Crippen LogP contribution in [0.4, 0.5) is 0 Å². The molecule has 1 aliphatic rings. The van der Waals surface area contributed by atoms with Crippen molar-refractivity contribution in [2.24, 2.45) is 0 Å². The van der Waals surface area contributed by atoms with Crippen LogP contribution in [0.2, 0.25) is 0 Å². The van der Waals surface area contributed by atoms with Crippen LogP contribution >= 0.6 is 0 Å². The van der Waals surface area contributed by atoms with E-state index in [4.69, 9.17) is 18.9 Å². The standard InChI is InChI=1S/C49H80O10/c1-3-5-7-9-11-13-15-17-19-20-21-22-24-26-28-30-32-34-36-38-45(52)58-42(41-57-49-48(55)47(54)46(53)43(39-50)59-49)40-56-44(51)37-35-33-31-29-27-25-23-18-16-14-12-10-8-6-4-2/h5,7,10-13,17,19,21-22,26,28,32,34,42-43,46-50,53-55H,3-4,6,8-9,14-16,18,20,23-25,27,29-31,33,35-41H2,1-2H3/b7-5+,12-10+,13-11+,19-17+,22-21+,28-26+,34-32+/t42-,43-,46+,47?,48?,49-/m1/s1. The molecule has 0 aromatic heterocycles. The van der Waals surface area contributed by atoms with Gasteiger partial charge in [-0.15, -0.1) is 0 Å². The van der Waals surface area contributed by atoms with Crippen molar-refractivity contribution < 1.29 is 49.0 Å². The molecule has 0 spiro atoms. The summed E-state index contributed by atoms with van der Waals surface area (Å²) in [6, 6.07) is 0. The number of esters is 2. The molecular formula is C49H80O10. The van der Waals surface area contributed by atoms with Crippen LogP contribution in [0.5, 0.6) is 0 Å². The number of ether oxygens (including phenoxy) is 4. The Balaban J connectivity index is 2.40. The number of aliphatic hydroxyl groups excluding tert-OH is 4. The highest BCUT2D eigenvalue weighted by molar-refractivity contribution is 5.70. The van der Waals surface area contributed by atoms with Crippen molar-refractivity contribution in [3.05, 3.63) is 85.1 Å². The lowest BCUT2D eigenvalue weighted by Gasteiger charge is -2.39. The second-order valence-corrected chi connectivity index (χ2v) is 15.1. The lowest BCUT2D eigenvalue weighted by Crippen LogP contribution is -2.59. The summed E-state index contributed by atoms with van der Waals surface area (Å²) in [4.78, 5) is 25.3. The smallest absolute Gasteiger partial charge is 0.306 e. The second kappa shape index (κ2) is 39.0. The molecule has 1 heterocycles. The fourth-order valence-electron chi connectivity index (χ4n) is 6.19. The Hall–Kier alpha value is -3.12. The van der Waals surface area contributed by atoms with E-state index in [-0.39, 0.29) is 26.1 Å². The summed E-state index contributed by atoms with van der Waals surface area (Å²) in [5.74, 6) is -0.914. The van der Waals surface area contributed by atoms with Crippen LogP contribution in [0, 0.1) is 0 Å². The Morgan fingerprint density at radius 1 is 0.542 bits per heavy atom. The molecule has 2 unspecified atom stereocenters. The van der Waals surface area contributed by atoms with E-state index in [0.29, 0.717) is 12.8 Å². The third-order valence-corrected chi connectivity index (χ3v) is 9.78. The summed E-state index contributed by atoms with van der Waals surface area (Å²) in [7, 11) is 0. The van der Waals surface area contributed by atoms with E-state index in [1.54, 1.807) is 0 Å². The molecule has 6 atom stereocenters. The van der Waals surface area contributed by atoms with E-state index in [0.717, 1.165) is 57.8 Å². The van der Waals surface area contributed by atoms with Crippen LogP contribution in [0.3, 0.4) is 0 Å². The molecule has 0 radical (unpaired) electrons. The predicted molar refractivity (Wildman–Crippen MR) is 237 cm³/mol. The second-order valence-electron chi connectivity index (χ2n) is 15.1. The van der Waals surface area contributed by atoms with Gasteiger partial charge in [-0.1, -0.05) is 157 Å². The van der Waals surface area contributed by atoms with E-state index in [9.17, 15) is 30.0 Å². The summed E-state index contributed by atoms with van der Waals surface area (Å²) in [5.41, 5.74) is 0. The van der Waals surface area contributed by atoms with Gasteiger partial charge in [0.25, 0.3) is 0 Å². The minimum absolute atomic E-state index is 0.100. The molecule has 1 fully saturated rings. The van der Waals surface area contributed by atoms with Gasteiger partial charge in [-0.2, -0.15) is 0 Å². The van der Waals surface area contributed by atoms with E-state index in [1.807, 2.05) is 12.2 Å². The van der Waals surface area contributed by atoms with Crippen molar-refractivity contribution >= 4 is 11.9 Å². The predicted octanol–water partition coefficient (Wildman–Crippen LogP) is 9.77. The Morgan fingerprint density at radius 3 is 1.58 bits per heavy atom. The molecule has 1 aliphatic heterocycles. The minimum Gasteiger partial charge on any atom is -0.462 e. The maximum absolute atomic E-state index is 12.7. The number of allylic oxidation sites excluding steroid dienone is 14. The zero-order valence-electron chi connectivity index (χ0n) is 36.5. The third kappa shape index (κ3) is 30.5. The van der Waals surface area contributed by atoms with Gasteiger partial charge in [0, 0.05) is 12.8 Å². The molecule has 59 heavy (non-hydrogen) atoms. The monoisotopic (exact) mass is 829 g/mol. The van der Waals surface area contributed by atoms with Gasteiger partial charge >= 0.3 is 11.9 Å². The number of hydrogen-bond acceptors (Lipinski definition) is 10. The Labute approximate surface area is 356 Å². The average Bonchev–Trinajstić information content (AvgIpc) is 3.23. The quantitative estimate of drug-likeness (QED) is 0.0273. The molecule has 0 aliphatic carbocycles. The van der Waals surface area contributed by atoms with Gasteiger partial charge in [0.2, 0.25) is 0 Å².